The summed E-state index contributed by atoms with van der Waals surface area (Å²) in [7, 11) is 0. The molecule has 0 radical (unpaired) electrons. The van der Waals surface area contributed by atoms with E-state index in [0.717, 1.165) is 12.8 Å². The van der Waals surface area contributed by atoms with Gasteiger partial charge < -0.3 is 5.11 Å². The monoisotopic (exact) mass is 222 g/mol. The molecular weight excluding hydrogens is 196 g/mol. The summed E-state index contributed by atoms with van der Waals surface area (Å²) in [6.45, 7) is 9.21. The Balaban J connectivity index is 2.20. The number of hydrogen-bond acceptors (Lipinski definition) is 1. The van der Waals surface area contributed by atoms with E-state index in [0.29, 0.717) is 16.7 Å². The van der Waals surface area contributed by atoms with Gasteiger partial charge in [0.25, 0.3) is 0 Å². The van der Waals surface area contributed by atoms with E-state index < -0.39 is 5.60 Å². The normalized spacial score (nSPS) is 47.2. The van der Waals surface area contributed by atoms with E-state index in [1.165, 1.54) is 19.3 Å². The number of hydrogen-bond donors (Lipinski definition) is 1. The van der Waals surface area contributed by atoms with Crippen LogP contribution in [0.3, 0.4) is 0 Å². The van der Waals surface area contributed by atoms with Crippen molar-refractivity contribution in [3.8, 4) is 0 Å². The van der Waals surface area contributed by atoms with E-state index >= 15 is 0 Å². The molecule has 1 heteroatoms. The molecule has 1 fully saturated rings. The molecule has 2 aliphatic rings. The first-order chi connectivity index (χ1) is 7.27. The van der Waals surface area contributed by atoms with Crippen molar-refractivity contribution in [3.63, 3.8) is 0 Å². The van der Waals surface area contributed by atoms with Crippen LogP contribution in [0, 0.1) is 16.7 Å². The minimum atomic E-state index is -0.560. The van der Waals surface area contributed by atoms with E-state index in [9.17, 15) is 5.11 Å². The number of allylic oxidation sites excluding steroid dienone is 1. The Morgan fingerprint density at radius 2 is 1.75 bits per heavy atom. The molecule has 0 saturated heterocycles. The molecule has 16 heavy (non-hydrogen) atoms. The largest absolute Gasteiger partial charge is 0.386 e. The highest BCUT2D eigenvalue weighted by Gasteiger charge is 2.49. The van der Waals surface area contributed by atoms with Crippen molar-refractivity contribution in [3.05, 3.63) is 12.2 Å². The molecule has 0 aromatic rings. The second-order valence-electron chi connectivity index (χ2n) is 7.02. The molecule has 0 aromatic heterocycles. The van der Waals surface area contributed by atoms with E-state index in [4.69, 9.17) is 0 Å². The third-order valence-corrected chi connectivity index (χ3v) is 5.51. The summed E-state index contributed by atoms with van der Waals surface area (Å²) in [5, 5.41) is 9.96. The van der Waals surface area contributed by atoms with E-state index in [-0.39, 0.29) is 0 Å². The molecule has 92 valence electrons. The van der Waals surface area contributed by atoms with E-state index in [2.05, 4.69) is 26.8 Å². The summed E-state index contributed by atoms with van der Waals surface area (Å²) >= 11 is 0. The van der Waals surface area contributed by atoms with Crippen molar-refractivity contribution < 1.29 is 5.11 Å². The standard InChI is InChI=1S/C15H26O/c1-13(2)8-5-9-15(13,4)12-6-10-14(3,16)11-7-12/h6,10,12,16H,5,7-9,11H2,1-4H3/t12-,14+,15?/m0/s1. The Morgan fingerprint density at radius 3 is 2.19 bits per heavy atom. The summed E-state index contributed by atoms with van der Waals surface area (Å²) < 4.78 is 0. The van der Waals surface area contributed by atoms with Gasteiger partial charge in [-0.2, -0.15) is 0 Å². The zero-order valence-corrected chi connectivity index (χ0v) is 11.2. The van der Waals surface area contributed by atoms with Gasteiger partial charge in [-0.1, -0.05) is 39.3 Å². The van der Waals surface area contributed by atoms with Crippen molar-refractivity contribution in [1.82, 2.24) is 0 Å². The molecule has 1 unspecified atom stereocenters. The van der Waals surface area contributed by atoms with E-state index in [1.807, 2.05) is 13.0 Å². The zero-order chi connectivity index (χ0) is 12.0. The van der Waals surface area contributed by atoms with E-state index in [1.54, 1.807) is 0 Å². The number of rotatable bonds is 1. The lowest BCUT2D eigenvalue weighted by molar-refractivity contribution is 0.0346. The van der Waals surface area contributed by atoms with Crippen LogP contribution in [-0.2, 0) is 0 Å². The van der Waals surface area contributed by atoms with Crippen LogP contribution in [0.1, 0.15) is 59.8 Å². The Morgan fingerprint density at radius 1 is 1.06 bits per heavy atom. The van der Waals surface area contributed by atoms with Gasteiger partial charge in [0.1, 0.15) is 0 Å². The van der Waals surface area contributed by atoms with Crippen molar-refractivity contribution in [1.29, 1.82) is 0 Å². The highest BCUT2D eigenvalue weighted by Crippen LogP contribution is 2.58. The fourth-order valence-electron chi connectivity index (χ4n) is 3.69. The van der Waals surface area contributed by atoms with Gasteiger partial charge >= 0.3 is 0 Å². The Kier molecular flexibility index (Phi) is 2.73. The fraction of sp³-hybridized carbons (Fsp3) is 0.867. The molecule has 2 rings (SSSR count). The topological polar surface area (TPSA) is 20.2 Å². The lowest BCUT2D eigenvalue weighted by atomic mass is 9.59. The molecule has 3 atom stereocenters. The molecule has 0 amide bonds. The minimum absolute atomic E-state index is 0.431. The van der Waals surface area contributed by atoms with Crippen LogP contribution in [0.25, 0.3) is 0 Å². The van der Waals surface area contributed by atoms with Gasteiger partial charge in [0.2, 0.25) is 0 Å². The van der Waals surface area contributed by atoms with Crippen molar-refractivity contribution in [2.45, 2.75) is 65.4 Å². The van der Waals surface area contributed by atoms with Crippen molar-refractivity contribution >= 4 is 0 Å². The summed E-state index contributed by atoms with van der Waals surface area (Å²) in [4.78, 5) is 0. The first-order valence-corrected chi connectivity index (χ1v) is 6.69. The highest BCUT2D eigenvalue weighted by atomic mass is 16.3. The van der Waals surface area contributed by atoms with Gasteiger partial charge in [-0.3, -0.25) is 0 Å². The van der Waals surface area contributed by atoms with Gasteiger partial charge in [-0.05, 0) is 49.4 Å². The van der Waals surface area contributed by atoms with Crippen LogP contribution in [0.2, 0.25) is 0 Å². The van der Waals surface area contributed by atoms with Crippen LogP contribution in [0.15, 0.2) is 12.2 Å². The quantitative estimate of drug-likeness (QED) is 0.667. The molecule has 1 saturated carbocycles. The van der Waals surface area contributed by atoms with Crippen LogP contribution in [0.5, 0.6) is 0 Å². The fourth-order valence-corrected chi connectivity index (χ4v) is 3.69. The Hall–Kier alpha value is -0.300. The van der Waals surface area contributed by atoms with Gasteiger partial charge in [0.05, 0.1) is 5.60 Å². The minimum Gasteiger partial charge on any atom is -0.386 e. The Labute approximate surface area is 99.9 Å². The maximum atomic E-state index is 9.96. The summed E-state index contributed by atoms with van der Waals surface area (Å²) in [6.07, 6.45) is 10.4. The predicted octanol–water partition coefficient (Wildman–Crippen LogP) is 3.92. The maximum absolute atomic E-state index is 9.96. The molecular formula is C15H26O. The van der Waals surface area contributed by atoms with Crippen LogP contribution < -0.4 is 0 Å². The second-order valence-corrected chi connectivity index (χ2v) is 7.02. The van der Waals surface area contributed by atoms with Crippen LogP contribution in [-0.4, -0.2) is 10.7 Å². The predicted molar refractivity (Wildman–Crippen MR) is 68.2 cm³/mol. The number of aliphatic hydroxyl groups is 1. The van der Waals surface area contributed by atoms with Gasteiger partial charge in [-0.25, -0.2) is 0 Å². The lowest BCUT2D eigenvalue weighted by Crippen LogP contribution is -2.39. The summed E-state index contributed by atoms with van der Waals surface area (Å²) in [5.74, 6) is 0.658. The second kappa shape index (κ2) is 3.60. The van der Waals surface area contributed by atoms with Crippen molar-refractivity contribution in [2.75, 3.05) is 0 Å². The van der Waals surface area contributed by atoms with Crippen LogP contribution >= 0.6 is 0 Å². The molecule has 0 aromatic carbocycles. The molecule has 1 N–H and O–H groups in total. The molecule has 0 spiro atoms. The first kappa shape index (κ1) is 12.2. The van der Waals surface area contributed by atoms with Gasteiger partial charge in [-0.15, -0.1) is 0 Å². The average molecular weight is 222 g/mol. The smallest absolute Gasteiger partial charge is 0.0800 e. The molecule has 0 heterocycles. The molecule has 2 aliphatic carbocycles. The van der Waals surface area contributed by atoms with Crippen molar-refractivity contribution in [2.24, 2.45) is 16.7 Å². The molecule has 1 nitrogen and oxygen atoms in total. The molecule has 0 bridgehead atoms. The lowest BCUT2D eigenvalue weighted by Gasteiger charge is -2.46. The third kappa shape index (κ3) is 1.84. The van der Waals surface area contributed by atoms with Gasteiger partial charge in [0.15, 0.2) is 0 Å². The zero-order valence-electron chi connectivity index (χ0n) is 11.2. The average Bonchev–Trinajstić information content (AvgIpc) is 2.42. The highest BCUT2D eigenvalue weighted by molar-refractivity contribution is 5.12. The maximum Gasteiger partial charge on any atom is 0.0800 e. The summed E-state index contributed by atoms with van der Waals surface area (Å²) in [5.41, 5.74) is 0.320. The first-order valence-electron chi connectivity index (χ1n) is 6.69. The molecule has 0 aliphatic heterocycles. The Bertz CT molecular complexity index is 301. The third-order valence-electron chi connectivity index (χ3n) is 5.51. The van der Waals surface area contributed by atoms with Crippen LogP contribution in [0.4, 0.5) is 0 Å². The van der Waals surface area contributed by atoms with Gasteiger partial charge in [0, 0.05) is 0 Å². The summed E-state index contributed by atoms with van der Waals surface area (Å²) in [6, 6.07) is 0. The SMILES string of the molecule is CC1(C)CCCC1(C)[C@H]1C=C[C@@](C)(O)CC1.